The summed E-state index contributed by atoms with van der Waals surface area (Å²) in [7, 11) is 1.62. The van der Waals surface area contributed by atoms with Gasteiger partial charge in [-0.15, -0.1) is 0 Å². The molecule has 0 spiro atoms. The lowest BCUT2D eigenvalue weighted by Crippen LogP contribution is -2.16. The Labute approximate surface area is 161 Å². The standard InChI is InChI=1S/C24H25NO2/c1-17-4-8-19(9-5-17)23(25-21-12-6-18(2)7-13-21)16-24(26)20-10-14-22(27-3)15-11-20/h4-15,23,25H,16H2,1-3H3. The SMILES string of the molecule is COc1ccc(C(=O)CC(Nc2ccc(C)cc2)c2ccc(C)cc2)cc1. The molecule has 1 unspecified atom stereocenters. The molecule has 0 radical (unpaired) electrons. The van der Waals surface area contributed by atoms with Gasteiger partial charge in [-0.05, 0) is 55.8 Å². The maximum absolute atomic E-state index is 12.9. The molecule has 3 nitrogen and oxygen atoms in total. The number of anilines is 1. The first-order valence-corrected chi connectivity index (χ1v) is 9.12. The highest BCUT2D eigenvalue weighted by molar-refractivity contribution is 5.96. The van der Waals surface area contributed by atoms with E-state index in [2.05, 4.69) is 55.6 Å². The Morgan fingerprint density at radius 3 is 1.96 bits per heavy atom. The summed E-state index contributed by atoms with van der Waals surface area (Å²) in [4.78, 5) is 12.9. The average molecular weight is 359 g/mol. The smallest absolute Gasteiger partial charge is 0.165 e. The maximum atomic E-state index is 12.9. The third-order valence-corrected chi connectivity index (χ3v) is 4.67. The molecule has 138 valence electrons. The van der Waals surface area contributed by atoms with Crippen LogP contribution in [0.3, 0.4) is 0 Å². The van der Waals surface area contributed by atoms with Gasteiger partial charge < -0.3 is 10.1 Å². The third kappa shape index (κ3) is 4.98. The van der Waals surface area contributed by atoms with Crippen molar-refractivity contribution in [3.8, 4) is 5.75 Å². The van der Waals surface area contributed by atoms with Crippen molar-refractivity contribution in [2.24, 2.45) is 0 Å². The van der Waals surface area contributed by atoms with E-state index in [1.807, 2.05) is 36.4 Å². The van der Waals surface area contributed by atoms with Crippen LogP contribution in [-0.2, 0) is 0 Å². The van der Waals surface area contributed by atoms with Crippen LogP contribution < -0.4 is 10.1 Å². The van der Waals surface area contributed by atoms with Gasteiger partial charge in [-0.1, -0.05) is 47.5 Å². The van der Waals surface area contributed by atoms with E-state index < -0.39 is 0 Å². The molecule has 3 rings (SSSR count). The predicted octanol–water partition coefficient (Wildman–Crippen LogP) is 5.74. The molecule has 27 heavy (non-hydrogen) atoms. The second-order valence-corrected chi connectivity index (χ2v) is 6.83. The van der Waals surface area contributed by atoms with Crippen molar-refractivity contribution in [3.05, 3.63) is 95.1 Å². The van der Waals surface area contributed by atoms with Gasteiger partial charge in [0.25, 0.3) is 0 Å². The Balaban J connectivity index is 1.82. The minimum Gasteiger partial charge on any atom is -0.497 e. The average Bonchev–Trinajstić information content (AvgIpc) is 2.70. The van der Waals surface area contributed by atoms with Gasteiger partial charge in [0.05, 0.1) is 13.2 Å². The van der Waals surface area contributed by atoms with Crippen LogP contribution in [0.4, 0.5) is 5.69 Å². The molecule has 0 saturated carbocycles. The maximum Gasteiger partial charge on any atom is 0.165 e. The summed E-state index contributed by atoms with van der Waals surface area (Å²) in [5, 5.41) is 3.52. The lowest BCUT2D eigenvalue weighted by atomic mass is 9.96. The van der Waals surface area contributed by atoms with Gasteiger partial charge in [-0.25, -0.2) is 0 Å². The molecule has 0 fully saturated rings. The fourth-order valence-electron chi connectivity index (χ4n) is 2.98. The van der Waals surface area contributed by atoms with Gasteiger partial charge in [-0.2, -0.15) is 0 Å². The summed E-state index contributed by atoms with van der Waals surface area (Å²) >= 11 is 0. The van der Waals surface area contributed by atoms with E-state index in [0.29, 0.717) is 12.0 Å². The number of methoxy groups -OCH3 is 1. The van der Waals surface area contributed by atoms with Crippen molar-refractivity contribution in [1.82, 2.24) is 0 Å². The predicted molar refractivity (Wildman–Crippen MR) is 111 cm³/mol. The highest BCUT2D eigenvalue weighted by Gasteiger charge is 2.17. The number of rotatable bonds is 7. The van der Waals surface area contributed by atoms with E-state index in [1.165, 1.54) is 11.1 Å². The molecule has 3 aromatic rings. The van der Waals surface area contributed by atoms with Gasteiger partial charge in [0.1, 0.15) is 5.75 Å². The number of carbonyl (C=O) groups is 1. The van der Waals surface area contributed by atoms with E-state index in [0.717, 1.165) is 17.0 Å². The molecule has 0 aliphatic rings. The molecular weight excluding hydrogens is 334 g/mol. The summed E-state index contributed by atoms with van der Waals surface area (Å²) in [6, 6.07) is 23.8. The van der Waals surface area contributed by atoms with Gasteiger partial charge in [0.2, 0.25) is 0 Å². The molecule has 0 heterocycles. The molecule has 0 amide bonds. The normalized spacial score (nSPS) is 11.7. The largest absolute Gasteiger partial charge is 0.497 e. The number of Topliss-reactive ketones (excluding diaryl/α,β-unsaturated/α-hetero) is 1. The molecule has 0 bridgehead atoms. The zero-order chi connectivity index (χ0) is 19.2. The number of ketones is 1. The minimum absolute atomic E-state index is 0.0945. The van der Waals surface area contributed by atoms with Gasteiger partial charge in [-0.3, -0.25) is 4.79 Å². The number of nitrogens with one attached hydrogen (secondary N) is 1. The number of hydrogen-bond donors (Lipinski definition) is 1. The van der Waals surface area contributed by atoms with E-state index in [1.54, 1.807) is 7.11 Å². The number of aryl methyl sites for hydroxylation is 2. The Hall–Kier alpha value is -3.07. The summed E-state index contributed by atoms with van der Waals surface area (Å²) in [5.41, 5.74) is 5.21. The van der Waals surface area contributed by atoms with Crippen LogP contribution in [0, 0.1) is 13.8 Å². The zero-order valence-electron chi connectivity index (χ0n) is 16.0. The van der Waals surface area contributed by atoms with Crippen molar-refractivity contribution in [1.29, 1.82) is 0 Å². The van der Waals surface area contributed by atoms with Crippen LogP contribution in [0.2, 0.25) is 0 Å². The minimum atomic E-state index is -0.0945. The second-order valence-electron chi connectivity index (χ2n) is 6.83. The fraction of sp³-hybridized carbons (Fsp3) is 0.208. The number of carbonyl (C=O) groups excluding carboxylic acids is 1. The van der Waals surface area contributed by atoms with E-state index >= 15 is 0 Å². The molecule has 3 aromatic carbocycles. The lowest BCUT2D eigenvalue weighted by molar-refractivity contribution is 0.0976. The highest BCUT2D eigenvalue weighted by Crippen LogP contribution is 2.25. The van der Waals surface area contributed by atoms with Crippen molar-refractivity contribution in [2.75, 3.05) is 12.4 Å². The van der Waals surface area contributed by atoms with Gasteiger partial charge in [0, 0.05) is 17.7 Å². The van der Waals surface area contributed by atoms with Crippen molar-refractivity contribution in [2.45, 2.75) is 26.3 Å². The second kappa shape index (κ2) is 8.54. The Morgan fingerprint density at radius 2 is 1.41 bits per heavy atom. The van der Waals surface area contributed by atoms with Crippen molar-refractivity contribution in [3.63, 3.8) is 0 Å². The molecule has 0 aromatic heterocycles. The molecular formula is C24H25NO2. The number of ether oxygens (including phenoxy) is 1. The van der Waals surface area contributed by atoms with E-state index in [4.69, 9.17) is 4.74 Å². The third-order valence-electron chi connectivity index (χ3n) is 4.67. The van der Waals surface area contributed by atoms with E-state index in [9.17, 15) is 4.79 Å². The molecule has 0 aliphatic heterocycles. The topological polar surface area (TPSA) is 38.3 Å². The van der Waals surface area contributed by atoms with Crippen LogP contribution in [0.15, 0.2) is 72.8 Å². The summed E-state index contributed by atoms with van der Waals surface area (Å²) in [6.07, 6.45) is 0.378. The van der Waals surface area contributed by atoms with Crippen LogP contribution in [0.25, 0.3) is 0 Å². The van der Waals surface area contributed by atoms with Crippen LogP contribution in [-0.4, -0.2) is 12.9 Å². The summed E-state index contributed by atoms with van der Waals surface area (Å²) in [6.45, 7) is 4.13. The molecule has 1 N–H and O–H groups in total. The van der Waals surface area contributed by atoms with Crippen molar-refractivity contribution < 1.29 is 9.53 Å². The fourth-order valence-corrected chi connectivity index (χ4v) is 2.98. The van der Waals surface area contributed by atoms with Crippen LogP contribution in [0.5, 0.6) is 5.75 Å². The van der Waals surface area contributed by atoms with Crippen molar-refractivity contribution >= 4 is 11.5 Å². The monoisotopic (exact) mass is 359 g/mol. The molecule has 0 saturated heterocycles. The first-order valence-electron chi connectivity index (χ1n) is 9.12. The molecule has 1 atom stereocenters. The first kappa shape index (κ1) is 18.7. The Bertz CT molecular complexity index is 881. The lowest BCUT2D eigenvalue weighted by Gasteiger charge is -2.20. The Morgan fingerprint density at radius 1 is 0.852 bits per heavy atom. The summed E-state index contributed by atoms with van der Waals surface area (Å²) < 4.78 is 5.18. The number of benzene rings is 3. The van der Waals surface area contributed by atoms with Crippen LogP contribution in [0.1, 0.15) is 39.5 Å². The Kier molecular flexibility index (Phi) is 5.92. The zero-order valence-corrected chi connectivity index (χ0v) is 16.0. The molecule has 0 aliphatic carbocycles. The quantitative estimate of drug-likeness (QED) is 0.547. The van der Waals surface area contributed by atoms with Crippen LogP contribution >= 0.6 is 0 Å². The van der Waals surface area contributed by atoms with Gasteiger partial charge in [0.15, 0.2) is 5.78 Å². The van der Waals surface area contributed by atoms with E-state index in [-0.39, 0.29) is 11.8 Å². The molecule has 3 heteroatoms. The van der Waals surface area contributed by atoms with Gasteiger partial charge >= 0.3 is 0 Å². The highest BCUT2D eigenvalue weighted by atomic mass is 16.5. The summed E-state index contributed by atoms with van der Waals surface area (Å²) in [5.74, 6) is 0.849. The number of hydrogen-bond acceptors (Lipinski definition) is 3. The first-order chi connectivity index (χ1) is 13.0.